The molecule has 7 aromatic rings. The molecule has 0 radical (unpaired) electrons. The maximum absolute atomic E-state index is 2.43. The Morgan fingerprint density at radius 3 is 1.66 bits per heavy atom. The summed E-state index contributed by atoms with van der Waals surface area (Å²) < 4.78 is 2.43. The van der Waals surface area contributed by atoms with E-state index in [0.29, 0.717) is 0 Å². The van der Waals surface area contributed by atoms with Gasteiger partial charge < -0.3 is 4.57 Å². The lowest BCUT2D eigenvalue weighted by molar-refractivity contribution is 1.19. The van der Waals surface area contributed by atoms with Gasteiger partial charge in [-0.05, 0) is 63.5 Å². The van der Waals surface area contributed by atoms with E-state index < -0.39 is 0 Å². The lowest BCUT2D eigenvalue weighted by atomic mass is 10.00. The molecule has 0 bridgehead atoms. The Balaban J connectivity index is 1.70. The first-order valence-electron chi connectivity index (χ1n) is 11.1. The molecule has 0 amide bonds. The van der Waals surface area contributed by atoms with Crippen molar-refractivity contribution in [3.8, 4) is 5.69 Å². The molecule has 32 heavy (non-hydrogen) atoms. The normalized spacial score (nSPS) is 11.9. The van der Waals surface area contributed by atoms with Gasteiger partial charge in [-0.1, -0.05) is 90.5 Å². The predicted octanol–water partition coefficient (Wildman–Crippen LogP) is 8.55. The minimum Gasteiger partial charge on any atom is -0.309 e. The largest absolute Gasteiger partial charge is 0.309 e. The summed E-state index contributed by atoms with van der Waals surface area (Å²) in [5.74, 6) is 0. The maximum atomic E-state index is 2.43. The van der Waals surface area contributed by atoms with Gasteiger partial charge in [-0.3, -0.25) is 0 Å². The molecule has 0 aliphatic carbocycles. The van der Waals surface area contributed by atoms with Gasteiger partial charge >= 0.3 is 0 Å². The van der Waals surface area contributed by atoms with Crippen LogP contribution < -0.4 is 0 Å². The molecule has 0 unspecified atom stereocenters. The Kier molecular flexibility index (Phi) is 3.54. The van der Waals surface area contributed by atoms with E-state index in [2.05, 4.69) is 121 Å². The van der Waals surface area contributed by atoms with Crippen molar-refractivity contribution in [3.63, 3.8) is 0 Å². The van der Waals surface area contributed by atoms with Crippen LogP contribution in [0.2, 0.25) is 0 Å². The van der Waals surface area contributed by atoms with Crippen molar-refractivity contribution < 1.29 is 0 Å². The van der Waals surface area contributed by atoms with Crippen molar-refractivity contribution in [1.82, 2.24) is 4.57 Å². The zero-order chi connectivity index (χ0) is 21.2. The number of aromatic nitrogens is 1. The van der Waals surface area contributed by atoms with Gasteiger partial charge in [-0.2, -0.15) is 0 Å². The standard InChI is InChI=1S/C31H21N/c1-20-10-11-24-19-25(15-12-23(24)18-20)32-28-16-13-21-6-2-4-8-26(21)30(28)31-27-9-5-3-7-22(27)14-17-29(31)32/h2-19H,1H3. The average molecular weight is 408 g/mol. The number of aryl methyl sites for hydroxylation is 1. The molecule has 0 saturated heterocycles. The first-order chi connectivity index (χ1) is 15.8. The molecule has 1 aromatic heterocycles. The molecule has 0 spiro atoms. The number of nitrogens with zero attached hydrogens (tertiary/aromatic N) is 1. The molecule has 0 atom stereocenters. The van der Waals surface area contributed by atoms with Crippen LogP contribution in [0.4, 0.5) is 0 Å². The Labute approximate surface area is 186 Å². The molecule has 1 heteroatoms. The van der Waals surface area contributed by atoms with Gasteiger partial charge in [0.2, 0.25) is 0 Å². The Hall–Kier alpha value is -4.10. The van der Waals surface area contributed by atoms with Crippen LogP contribution >= 0.6 is 0 Å². The predicted molar refractivity (Wildman–Crippen MR) is 138 cm³/mol. The molecule has 0 fully saturated rings. The molecular weight excluding hydrogens is 386 g/mol. The van der Waals surface area contributed by atoms with Crippen molar-refractivity contribution >= 4 is 54.1 Å². The summed E-state index contributed by atoms with van der Waals surface area (Å²) in [6.07, 6.45) is 0. The molecule has 0 saturated carbocycles. The van der Waals surface area contributed by atoms with E-state index in [1.165, 1.54) is 65.4 Å². The summed E-state index contributed by atoms with van der Waals surface area (Å²) in [6, 6.07) is 40.0. The monoisotopic (exact) mass is 407 g/mol. The van der Waals surface area contributed by atoms with Gasteiger partial charge in [-0.25, -0.2) is 0 Å². The fourth-order valence-electron chi connectivity index (χ4n) is 5.32. The average Bonchev–Trinajstić information content (AvgIpc) is 3.19. The summed E-state index contributed by atoms with van der Waals surface area (Å²) in [6.45, 7) is 2.15. The van der Waals surface area contributed by atoms with E-state index in [1.807, 2.05) is 0 Å². The van der Waals surface area contributed by atoms with E-state index >= 15 is 0 Å². The minimum absolute atomic E-state index is 1.20. The highest BCUT2D eigenvalue weighted by molar-refractivity contribution is 6.28. The first-order valence-corrected chi connectivity index (χ1v) is 11.1. The van der Waals surface area contributed by atoms with E-state index in [0.717, 1.165) is 0 Å². The smallest absolute Gasteiger partial charge is 0.0547 e. The van der Waals surface area contributed by atoms with E-state index in [9.17, 15) is 0 Å². The second-order valence-electron chi connectivity index (χ2n) is 8.73. The van der Waals surface area contributed by atoms with Crippen molar-refractivity contribution in [2.45, 2.75) is 6.92 Å². The Morgan fingerprint density at radius 1 is 0.469 bits per heavy atom. The highest BCUT2D eigenvalue weighted by Crippen LogP contribution is 2.40. The summed E-state index contributed by atoms with van der Waals surface area (Å²) in [4.78, 5) is 0. The van der Waals surface area contributed by atoms with Crippen LogP contribution in [0.3, 0.4) is 0 Å². The number of fused-ring (bicyclic) bond motifs is 8. The van der Waals surface area contributed by atoms with Crippen LogP contribution in [0.5, 0.6) is 0 Å². The van der Waals surface area contributed by atoms with Crippen molar-refractivity contribution in [2.75, 3.05) is 0 Å². The van der Waals surface area contributed by atoms with Crippen LogP contribution in [-0.4, -0.2) is 4.57 Å². The molecule has 0 aliphatic heterocycles. The van der Waals surface area contributed by atoms with E-state index in [1.54, 1.807) is 0 Å². The number of benzene rings is 6. The lowest BCUT2D eigenvalue weighted by Gasteiger charge is -2.10. The van der Waals surface area contributed by atoms with E-state index in [4.69, 9.17) is 0 Å². The molecule has 1 heterocycles. The summed E-state index contributed by atoms with van der Waals surface area (Å²) >= 11 is 0. The number of rotatable bonds is 1. The topological polar surface area (TPSA) is 4.93 Å². The molecule has 7 rings (SSSR count). The number of hydrogen-bond donors (Lipinski definition) is 0. The molecule has 0 aliphatic rings. The quantitative estimate of drug-likeness (QED) is 0.257. The molecule has 0 N–H and O–H groups in total. The second kappa shape index (κ2) is 6.45. The van der Waals surface area contributed by atoms with Crippen LogP contribution in [0.1, 0.15) is 5.56 Å². The van der Waals surface area contributed by atoms with Gasteiger partial charge in [0, 0.05) is 16.5 Å². The maximum Gasteiger partial charge on any atom is 0.0547 e. The van der Waals surface area contributed by atoms with Gasteiger partial charge in [0.05, 0.1) is 11.0 Å². The Bertz CT molecular complexity index is 1740. The molecular formula is C31H21N. The van der Waals surface area contributed by atoms with Crippen molar-refractivity contribution in [2.24, 2.45) is 0 Å². The van der Waals surface area contributed by atoms with Crippen LogP contribution in [-0.2, 0) is 0 Å². The SMILES string of the molecule is Cc1ccc2cc(-n3c4ccc5ccccc5c4c4c5ccccc5ccc43)ccc2c1. The fraction of sp³-hybridized carbons (Fsp3) is 0.0323. The van der Waals surface area contributed by atoms with Crippen LogP contribution in [0, 0.1) is 6.92 Å². The molecule has 150 valence electrons. The first kappa shape index (κ1) is 17.6. The third kappa shape index (κ3) is 2.39. The summed E-state index contributed by atoms with van der Waals surface area (Å²) in [7, 11) is 0. The number of hydrogen-bond acceptors (Lipinski definition) is 0. The van der Waals surface area contributed by atoms with Gasteiger partial charge in [0.25, 0.3) is 0 Å². The van der Waals surface area contributed by atoms with Crippen LogP contribution in [0.15, 0.2) is 109 Å². The van der Waals surface area contributed by atoms with Crippen molar-refractivity contribution in [3.05, 3.63) is 115 Å². The summed E-state index contributed by atoms with van der Waals surface area (Å²) in [5.41, 5.74) is 5.00. The van der Waals surface area contributed by atoms with Crippen LogP contribution in [0.25, 0.3) is 59.8 Å². The minimum atomic E-state index is 1.20. The molecule has 6 aromatic carbocycles. The van der Waals surface area contributed by atoms with Gasteiger partial charge in [0.1, 0.15) is 0 Å². The zero-order valence-corrected chi connectivity index (χ0v) is 17.8. The van der Waals surface area contributed by atoms with Crippen molar-refractivity contribution in [1.29, 1.82) is 0 Å². The third-order valence-corrected chi connectivity index (χ3v) is 6.78. The van der Waals surface area contributed by atoms with Gasteiger partial charge in [-0.15, -0.1) is 0 Å². The fourth-order valence-corrected chi connectivity index (χ4v) is 5.32. The zero-order valence-electron chi connectivity index (χ0n) is 17.8. The summed E-state index contributed by atoms with van der Waals surface area (Å²) in [5, 5.41) is 10.4. The van der Waals surface area contributed by atoms with E-state index in [-0.39, 0.29) is 0 Å². The molecule has 1 nitrogen and oxygen atoms in total. The second-order valence-corrected chi connectivity index (χ2v) is 8.73. The van der Waals surface area contributed by atoms with Gasteiger partial charge in [0.15, 0.2) is 0 Å². The lowest BCUT2D eigenvalue weighted by Crippen LogP contribution is -1.94. The third-order valence-electron chi connectivity index (χ3n) is 6.78. The highest BCUT2D eigenvalue weighted by Gasteiger charge is 2.17. The Morgan fingerprint density at radius 2 is 1.00 bits per heavy atom. The highest BCUT2D eigenvalue weighted by atomic mass is 15.0.